The molecule has 4 heterocycles. The fourth-order valence-corrected chi connectivity index (χ4v) is 10.2. The SMILES string of the molecule is C[Si]1(C)c2ccccc2-c2c1ccc1c3ccccc3n(-c3ccc(-c4ccc5ccc6cccnc6c5n4)cc3)c21. The van der Waals surface area contributed by atoms with Crippen molar-refractivity contribution >= 4 is 62.1 Å². The minimum Gasteiger partial charge on any atom is -0.309 e. The van der Waals surface area contributed by atoms with Crippen molar-refractivity contribution in [2.75, 3.05) is 0 Å². The van der Waals surface area contributed by atoms with Gasteiger partial charge < -0.3 is 4.57 Å². The zero-order chi connectivity index (χ0) is 28.0. The topological polar surface area (TPSA) is 30.7 Å². The summed E-state index contributed by atoms with van der Waals surface area (Å²) >= 11 is 0. The zero-order valence-corrected chi connectivity index (χ0v) is 24.5. The van der Waals surface area contributed by atoms with Gasteiger partial charge in [0, 0.05) is 44.6 Å². The molecule has 3 nitrogen and oxygen atoms in total. The first-order valence-corrected chi connectivity index (χ1v) is 17.5. The van der Waals surface area contributed by atoms with Gasteiger partial charge in [0.05, 0.1) is 27.8 Å². The van der Waals surface area contributed by atoms with Gasteiger partial charge in [-0.15, -0.1) is 0 Å². The van der Waals surface area contributed by atoms with Crippen molar-refractivity contribution in [1.82, 2.24) is 14.5 Å². The summed E-state index contributed by atoms with van der Waals surface area (Å²) < 4.78 is 2.48. The van der Waals surface area contributed by atoms with Crippen LogP contribution < -0.4 is 10.4 Å². The number of pyridine rings is 2. The standard InChI is InChI=1S/C38H27N3Si/c1-42(2)33-12-6-4-10-30(33)35-34(42)22-20-29-28-9-3-5-11-32(28)41(38(29)35)27-18-15-24(16-19-27)31-21-17-26-14-13-25-8-7-23-39-36(25)37(26)40-31/h3-23H,1-2H3. The highest BCUT2D eigenvalue weighted by atomic mass is 28.3. The molecule has 0 spiro atoms. The molecule has 0 saturated carbocycles. The van der Waals surface area contributed by atoms with Gasteiger partial charge in [0.25, 0.3) is 0 Å². The summed E-state index contributed by atoms with van der Waals surface area (Å²) in [6.45, 7) is 4.97. The van der Waals surface area contributed by atoms with Crippen LogP contribution in [0.2, 0.25) is 13.1 Å². The molecule has 0 unspecified atom stereocenters. The molecule has 0 atom stereocenters. The van der Waals surface area contributed by atoms with Gasteiger partial charge in [-0.2, -0.15) is 0 Å². The van der Waals surface area contributed by atoms with Gasteiger partial charge >= 0.3 is 0 Å². The molecule has 0 saturated heterocycles. The highest BCUT2D eigenvalue weighted by Crippen LogP contribution is 2.40. The summed E-state index contributed by atoms with van der Waals surface area (Å²) in [5.74, 6) is 0. The van der Waals surface area contributed by atoms with Crippen LogP contribution in [0.3, 0.4) is 0 Å². The molecule has 3 aromatic heterocycles. The molecule has 0 bridgehead atoms. The summed E-state index contributed by atoms with van der Waals surface area (Å²) in [6, 6.07) is 44.1. The first kappa shape index (κ1) is 23.6. The van der Waals surface area contributed by atoms with Crippen LogP contribution in [0.25, 0.3) is 71.7 Å². The van der Waals surface area contributed by atoms with Gasteiger partial charge in [0.15, 0.2) is 0 Å². The molecule has 1 aliphatic rings. The number of nitrogens with zero attached hydrogens (tertiary/aromatic N) is 3. The van der Waals surface area contributed by atoms with Gasteiger partial charge in [0.2, 0.25) is 0 Å². The fraction of sp³-hybridized carbons (Fsp3) is 0.0526. The van der Waals surface area contributed by atoms with Gasteiger partial charge in [0.1, 0.15) is 8.07 Å². The molecule has 198 valence electrons. The van der Waals surface area contributed by atoms with Crippen molar-refractivity contribution in [3.05, 3.63) is 128 Å². The zero-order valence-electron chi connectivity index (χ0n) is 23.5. The minimum atomic E-state index is -1.79. The quantitative estimate of drug-likeness (QED) is 0.159. The molecule has 0 radical (unpaired) electrons. The number of fused-ring (bicyclic) bond motifs is 10. The maximum absolute atomic E-state index is 5.09. The van der Waals surface area contributed by atoms with Crippen molar-refractivity contribution in [1.29, 1.82) is 0 Å². The summed E-state index contributed by atoms with van der Waals surface area (Å²) in [5.41, 5.74) is 10.5. The highest BCUT2D eigenvalue weighted by molar-refractivity contribution is 7.04. The van der Waals surface area contributed by atoms with E-state index in [2.05, 4.69) is 138 Å². The second kappa shape index (κ2) is 8.48. The van der Waals surface area contributed by atoms with Gasteiger partial charge in [-0.3, -0.25) is 4.98 Å². The van der Waals surface area contributed by atoms with Crippen LogP contribution in [0.5, 0.6) is 0 Å². The Labute approximate surface area is 244 Å². The van der Waals surface area contributed by atoms with Gasteiger partial charge in [-0.25, -0.2) is 4.98 Å². The molecule has 8 aromatic rings. The van der Waals surface area contributed by atoms with Crippen LogP contribution in [0.4, 0.5) is 0 Å². The number of hydrogen-bond donors (Lipinski definition) is 0. The van der Waals surface area contributed by atoms with Gasteiger partial charge in [-0.1, -0.05) is 104 Å². The van der Waals surface area contributed by atoms with Crippen molar-refractivity contribution in [3.63, 3.8) is 0 Å². The average molecular weight is 554 g/mol. The number of benzene rings is 5. The van der Waals surface area contributed by atoms with Crippen LogP contribution in [-0.4, -0.2) is 22.6 Å². The average Bonchev–Trinajstić information content (AvgIpc) is 3.50. The van der Waals surface area contributed by atoms with E-state index < -0.39 is 8.07 Å². The lowest BCUT2D eigenvalue weighted by atomic mass is 10.0. The lowest BCUT2D eigenvalue weighted by molar-refractivity contribution is 1.18. The fourth-order valence-electron chi connectivity index (χ4n) is 7.18. The molecule has 1 aliphatic heterocycles. The third kappa shape index (κ3) is 3.15. The van der Waals surface area contributed by atoms with E-state index in [4.69, 9.17) is 4.98 Å². The molecular formula is C38H27N3Si. The Balaban J connectivity index is 1.26. The van der Waals surface area contributed by atoms with Crippen LogP contribution in [-0.2, 0) is 0 Å². The van der Waals surface area contributed by atoms with Crippen LogP contribution in [0.15, 0.2) is 128 Å². The molecule has 42 heavy (non-hydrogen) atoms. The van der Waals surface area contributed by atoms with E-state index in [1.54, 1.807) is 0 Å². The Morgan fingerprint density at radius 1 is 0.595 bits per heavy atom. The highest BCUT2D eigenvalue weighted by Gasteiger charge is 2.39. The molecule has 4 heteroatoms. The Hall–Kier alpha value is -5.06. The predicted octanol–water partition coefficient (Wildman–Crippen LogP) is 8.35. The maximum Gasteiger partial charge on any atom is 0.113 e. The monoisotopic (exact) mass is 553 g/mol. The normalized spacial score (nSPS) is 13.7. The summed E-state index contributed by atoms with van der Waals surface area (Å²) in [7, 11) is -1.79. The van der Waals surface area contributed by atoms with E-state index >= 15 is 0 Å². The number of aromatic nitrogens is 3. The van der Waals surface area contributed by atoms with E-state index in [1.165, 1.54) is 43.3 Å². The first-order chi connectivity index (χ1) is 20.6. The Kier molecular flexibility index (Phi) is 4.77. The van der Waals surface area contributed by atoms with Crippen LogP contribution in [0.1, 0.15) is 0 Å². The third-order valence-corrected chi connectivity index (χ3v) is 12.8. The molecule has 0 aliphatic carbocycles. The summed E-state index contributed by atoms with van der Waals surface area (Å²) in [4.78, 5) is 9.73. The molecule has 0 amide bonds. The first-order valence-electron chi connectivity index (χ1n) is 14.5. The van der Waals surface area contributed by atoms with E-state index in [9.17, 15) is 0 Å². The molecule has 0 fully saturated rings. The Morgan fingerprint density at radius 3 is 2.24 bits per heavy atom. The number of para-hydroxylation sites is 1. The van der Waals surface area contributed by atoms with Crippen molar-refractivity contribution in [2.45, 2.75) is 13.1 Å². The van der Waals surface area contributed by atoms with Crippen molar-refractivity contribution in [2.24, 2.45) is 0 Å². The number of hydrogen-bond acceptors (Lipinski definition) is 2. The Morgan fingerprint density at radius 2 is 1.36 bits per heavy atom. The summed E-state index contributed by atoms with van der Waals surface area (Å²) in [5, 5.41) is 7.87. The van der Waals surface area contributed by atoms with Gasteiger partial charge in [-0.05, 0) is 46.3 Å². The second-order valence-electron chi connectivity index (χ2n) is 11.9. The summed E-state index contributed by atoms with van der Waals surface area (Å²) in [6.07, 6.45) is 1.84. The van der Waals surface area contributed by atoms with E-state index in [0.717, 1.165) is 38.8 Å². The minimum absolute atomic E-state index is 0.943. The maximum atomic E-state index is 5.09. The predicted molar refractivity (Wildman–Crippen MR) is 179 cm³/mol. The Bertz CT molecular complexity index is 2380. The van der Waals surface area contributed by atoms with E-state index in [1.807, 2.05) is 12.3 Å². The molecular weight excluding hydrogens is 527 g/mol. The van der Waals surface area contributed by atoms with Crippen LogP contribution >= 0.6 is 0 Å². The molecule has 9 rings (SSSR count). The smallest absolute Gasteiger partial charge is 0.113 e. The largest absolute Gasteiger partial charge is 0.309 e. The third-order valence-electron chi connectivity index (χ3n) is 9.23. The molecule has 0 N–H and O–H groups in total. The number of rotatable bonds is 2. The molecule has 5 aromatic carbocycles. The van der Waals surface area contributed by atoms with Crippen LogP contribution in [0, 0.1) is 0 Å². The van der Waals surface area contributed by atoms with Crippen molar-refractivity contribution in [3.8, 4) is 28.1 Å². The lowest BCUT2D eigenvalue weighted by Gasteiger charge is -2.18. The van der Waals surface area contributed by atoms with Crippen molar-refractivity contribution < 1.29 is 0 Å². The van der Waals surface area contributed by atoms with E-state index in [-0.39, 0.29) is 0 Å². The second-order valence-corrected chi connectivity index (χ2v) is 16.2. The van der Waals surface area contributed by atoms with E-state index in [0.29, 0.717) is 0 Å². The lowest BCUT2D eigenvalue weighted by Crippen LogP contribution is -2.49.